The number of aromatic nitrogens is 2. The number of anilines is 1. The lowest BCUT2D eigenvalue weighted by molar-refractivity contribution is 0.0237. The van der Waals surface area contributed by atoms with E-state index in [4.69, 9.17) is 14.5 Å². The molecule has 0 N–H and O–H groups in total. The van der Waals surface area contributed by atoms with Crippen LogP contribution >= 0.6 is 0 Å². The number of carbonyl (C=O) groups excluding carboxylic acids is 1. The molecule has 210 valence electrons. The second-order valence-corrected chi connectivity index (χ2v) is 10.3. The van der Waals surface area contributed by atoms with Crippen molar-refractivity contribution in [2.75, 3.05) is 24.6 Å². The Labute approximate surface area is 237 Å². The Morgan fingerprint density at radius 3 is 2.50 bits per heavy atom. The molecule has 4 aromatic rings. The Hall–Kier alpha value is -3.80. The molecule has 0 saturated heterocycles. The molecule has 0 aliphatic carbocycles. The van der Waals surface area contributed by atoms with Gasteiger partial charge >= 0.3 is 5.97 Å². The highest BCUT2D eigenvalue weighted by molar-refractivity contribution is 5.98. The number of hydrogen-bond acceptors (Lipinski definition) is 5. The van der Waals surface area contributed by atoms with Gasteiger partial charge in [0.2, 0.25) is 5.60 Å². The Kier molecular flexibility index (Phi) is 8.15. The molecule has 3 heterocycles. The largest absolute Gasteiger partial charge is 0.493 e. The van der Waals surface area contributed by atoms with Gasteiger partial charge in [0.05, 0.1) is 12.2 Å². The van der Waals surface area contributed by atoms with Gasteiger partial charge in [-0.15, -0.1) is 0 Å². The molecule has 5 rings (SSSR count). The van der Waals surface area contributed by atoms with Gasteiger partial charge in [-0.05, 0) is 70.9 Å². The van der Waals surface area contributed by atoms with Crippen molar-refractivity contribution in [3.63, 3.8) is 0 Å². The van der Waals surface area contributed by atoms with Crippen LogP contribution in [0.3, 0.4) is 0 Å². The highest BCUT2D eigenvalue weighted by Gasteiger charge is 2.54. The number of unbranched alkanes of at least 4 members (excludes halogenated alkanes) is 2. The number of aryl methyl sites for hydroxylation is 1. The minimum atomic E-state index is -1.23. The highest BCUT2D eigenvalue weighted by Crippen LogP contribution is 2.53. The summed E-state index contributed by atoms with van der Waals surface area (Å²) in [5.41, 5.74) is 5.13. The van der Waals surface area contributed by atoms with Crippen LogP contribution in [-0.2, 0) is 23.3 Å². The number of para-hydroxylation sites is 1. The Morgan fingerprint density at radius 1 is 0.975 bits per heavy atom. The second-order valence-electron chi connectivity index (χ2n) is 10.3. The summed E-state index contributed by atoms with van der Waals surface area (Å²) in [5.74, 6) is 0.359. The van der Waals surface area contributed by atoms with E-state index in [-0.39, 0.29) is 5.97 Å². The topological polar surface area (TPSA) is 56.6 Å². The van der Waals surface area contributed by atoms with Crippen molar-refractivity contribution in [3.8, 4) is 5.75 Å². The quantitative estimate of drug-likeness (QED) is 0.138. The van der Waals surface area contributed by atoms with E-state index in [1.165, 1.54) is 5.69 Å². The molecule has 40 heavy (non-hydrogen) atoms. The summed E-state index contributed by atoms with van der Waals surface area (Å²) in [4.78, 5) is 20.8. The molecule has 0 bridgehead atoms. The number of rotatable bonds is 12. The lowest BCUT2D eigenvalue weighted by Gasteiger charge is -2.33. The number of benzene rings is 2. The van der Waals surface area contributed by atoms with Crippen molar-refractivity contribution in [1.29, 1.82) is 0 Å². The van der Waals surface area contributed by atoms with Crippen LogP contribution in [0.1, 0.15) is 86.8 Å². The molecule has 1 atom stereocenters. The smallest absolute Gasteiger partial charge is 0.341 e. The lowest BCUT2D eigenvalue weighted by Crippen LogP contribution is -2.33. The molecular formula is C34H41N3O3. The van der Waals surface area contributed by atoms with Crippen LogP contribution in [0.4, 0.5) is 5.69 Å². The van der Waals surface area contributed by atoms with E-state index in [0.29, 0.717) is 23.6 Å². The van der Waals surface area contributed by atoms with Crippen LogP contribution in [0.2, 0.25) is 0 Å². The molecule has 0 fully saturated rings. The van der Waals surface area contributed by atoms with Crippen LogP contribution in [0.15, 0.2) is 60.8 Å². The van der Waals surface area contributed by atoms with Crippen LogP contribution in [0.25, 0.3) is 10.9 Å². The molecule has 0 spiro atoms. The third kappa shape index (κ3) is 4.43. The average Bonchev–Trinajstić information content (AvgIpc) is 3.46. The molecule has 6 heteroatoms. The number of fused-ring (bicyclic) bond motifs is 2. The first-order chi connectivity index (χ1) is 19.5. The molecule has 2 aromatic carbocycles. The van der Waals surface area contributed by atoms with Crippen molar-refractivity contribution < 1.29 is 14.3 Å². The summed E-state index contributed by atoms with van der Waals surface area (Å²) in [6, 6.07) is 18.4. The normalized spacial score (nSPS) is 16.3. The molecule has 0 saturated carbocycles. The number of pyridine rings is 1. The third-order valence-electron chi connectivity index (χ3n) is 8.14. The fraction of sp³-hybridized carbons (Fsp3) is 0.412. The molecule has 0 radical (unpaired) electrons. The van der Waals surface area contributed by atoms with Crippen molar-refractivity contribution in [2.45, 2.75) is 72.4 Å². The van der Waals surface area contributed by atoms with Gasteiger partial charge in [0, 0.05) is 65.3 Å². The van der Waals surface area contributed by atoms with E-state index in [2.05, 4.69) is 79.6 Å². The molecule has 0 amide bonds. The number of nitrogens with zero attached hydrogens (tertiary/aromatic N) is 3. The summed E-state index contributed by atoms with van der Waals surface area (Å²) in [5, 5.41) is 1.08. The molecule has 1 unspecified atom stereocenters. The van der Waals surface area contributed by atoms with Crippen molar-refractivity contribution in [1.82, 2.24) is 9.55 Å². The van der Waals surface area contributed by atoms with Gasteiger partial charge in [0.1, 0.15) is 11.4 Å². The van der Waals surface area contributed by atoms with Gasteiger partial charge in [0.15, 0.2) is 0 Å². The summed E-state index contributed by atoms with van der Waals surface area (Å²) >= 11 is 0. The zero-order valence-electron chi connectivity index (χ0n) is 24.5. The van der Waals surface area contributed by atoms with Gasteiger partial charge in [-0.3, -0.25) is 4.98 Å². The van der Waals surface area contributed by atoms with E-state index in [0.717, 1.165) is 73.0 Å². The maximum Gasteiger partial charge on any atom is 0.341 e. The Bertz CT molecular complexity index is 1500. The monoisotopic (exact) mass is 539 g/mol. The Balaban J connectivity index is 1.90. The zero-order chi connectivity index (χ0) is 28.3. The summed E-state index contributed by atoms with van der Waals surface area (Å²) in [6.45, 7) is 13.8. The fourth-order valence-electron chi connectivity index (χ4n) is 6.35. The highest BCUT2D eigenvalue weighted by atomic mass is 16.6. The second kappa shape index (κ2) is 11.7. The van der Waals surface area contributed by atoms with Crippen molar-refractivity contribution >= 4 is 22.6 Å². The summed E-state index contributed by atoms with van der Waals surface area (Å²) < 4.78 is 15.4. The van der Waals surface area contributed by atoms with E-state index < -0.39 is 5.60 Å². The first-order valence-electron chi connectivity index (χ1n) is 14.9. The average molecular weight is 540 g/mol. The summed E-state index contributed by atoms with van der Waals surface area (Å²) in [7, 11) is 0. The number of ether oxygens (including phenoxy) is 2. The van der Waals surface area contributed by atoms with Gasteiger partial charge < -0.3 is 18.9 Å². The minimum absolute atomic E-state index is 0.355. The molecule has 2 aromatic heterocycles. The Morgan fingerprint density at radius 2 is 1.77 bits per heavy atom. The molecule has 6 nitrogen and oxygen atoms in total. The predicted molar refractivity (Wildman–Crippen MR) is 162 cm³/mol. The van der Waals surface area contributed by atoms with E-state index in [1.807, 2.05) is 13.0 Å². The maximum atomic E-state index is 13.6. The summed E-state index contributed by atoms with van der Waals surface area (Å²) in [6.07, 6.45) is 5.96. The van der Waals surface area contributed by atoms with Crippen molar-refractivity contribution in [3.05, 3.63) is 88.9 Å². The van der Waals surface area contributed by atoms with Crippen LogP contribution in [0.5, 0.6) is 5.75 Å². The third-order valence-corrected chi connectivity index (χ3v) is 8.14. The lowest BCUT2D eigenvalue weighted by atomic mass is 9.79. The first kappa shape index (κ1) is 27.8. The predicted octanol–water partition coefficient (Wildman–Crippen LogP) is 7.50. The van der Waals surface area contributed by atoms with E-state index in [9.17, 15) is 4.79 Å². The van der Waals surface area contributed by atoms with Gasteiger partial charge in [-0.2, -0.15) is 0 Å². The maximum absolute atomic E-state index is 13.6. The van der Waals surface area contributed by atoms with Crippen molar-refractivity contribution in [2.24, 2.45) is 0 Å². The van der Waals surface area contributed by atoms with E-state index >= 15 is 0 Å². The molecule has 1 aliphatic heterocycles. The number of cyclic esters (lactones) is 1. The minimum Gasteiger partial charge on any atom is -0.493 e. The fourth-order valence-corrected chi connectivity index (χ4v) is 6.35. The number of esters is 1. The molecule has 1 aliphatic rings. The number of hydrogen-bond donors (Lipinski definition) is 0. The first-order valence-corrected chi connectivity index (χ1v) is 14.9. The SMILES string of the molecule is CCCCCc1c(C2(c3ccc(N(CC)CC)cc3OCC)OC(=O)c3cccnc32)c2ccccc2n1CC. The molecular weight excluding hydrogens is 498 g/mol. The zero-order valence-corrected chi connectivity index (χ0v) is 24.5. The van der Waals surface area contributed by atoms with Gasteiger partial charge in [-0.1, -0.05) is 38.0 Å². The number of carbonyl (C=O) groups is 1. The van der Waals surface area contributed by atoms with Gasteiger partial charge in [-0.25, -0.2) is 4.79 Å². The van der Waals surface area contributed by atoms with Crippen LogP contribution in [0, 0.1) is 0 Å². The van der Waals surface area contributed by atoms with Crippen LogP contribution in [-0.4, -0.2) is 35.2 Å². The van der Waals surface area contributed by atoms with Gasteiger partial charge in [0.25, 0.3) is 0 Å². The standard InChI is InChI=1S/C34H41N3O3/c1-6-11-12-19-29-31(25-16-13-14-18-28(25)37(29)9-4)34(32-26(33(38)40-34)17-15-22-35-32)27-21-20-24(36(7-2)8-3)23-30(27)39-10-5/h13-18,20-23H,6-12,19H2,1-5H3. The van der Waals surface area contributed by atoms with Crippen LogP contribution < -0.4 is 9.64 Å². The van der Waals surface area contributed by atoms with E-state index in [1.54, 1.807) is 12.3 Å².